The van der Waals surface area contributed by atoms with E-state index in [0.717, 1.165) is 11.1 Å². The Morgan fingerprint density at radius 2 is 1.83 bits per heavy atom. The van der Waals surface area contributed by atoms with E-state index < -0.39 is 0 Å². The summed E-state index contributed by atoms with van der Waals surface area (Å²) in [5.41, 5.74) is 8.62. The number of rotatable bonds is 5. The lowest BCUT2D eigenvalue weighted by atomic mass is 10.2. The zero-order valence-electron chi connectivity index (χ0n) is 13.1. The van der Waals surface area contributed by atoms with Gasteiger partial charge in [-0.05, 0) is 30.2 Å². The van der Waals surface area contributed by atoms with E-state index in [1.54, 1.807) is 6.20 Å². The summed E-state index contributed by atoms with van der Waals surface area (Å²) in [4.78, 5) is 12.6. The highest BCUT2D eigenvalue weighted by Crippen LogP contribution is 2.26. The third-order valence-electron chi connectivity index (χ3n) is 3.45. The molecule has 0 bridgehead atoms. The maximum absolute atomic E-state index is 6.16. The minimum absolute atomic E-state index is 0.423. The predicted octanol–water partition coefficient (Wildman–Crippen LogP) is 3.77. The second-order valence-corrected chi connectivity index (χ2v) is 5.68. The zero-order chi connectivity index (χ0) is 16.9. The van der Waals surface area contributed by atoms with E-state index in [0.29, 0.717) is 34.7 Å². The third kappa shape index (κ3) is 3.72. The van der Waals surface area contributed by atoms with Crippen LogP contribution in [0.4, 0.5) is 23.1 Å². The molecule has 2 aromatic heterocycles. The van der Waals surface area contributed by atoms with Crippen LogP contribution < -0.4 is 16.4 Å². The van der Waals surface area contributed by atoms with Crippen LogP contribution in [0.5, 0.6) is 0 Å². The Hall–Kier alpha value is -2.86. The average Bonchev–Trinajstić information content (AvgIpc) is 2.59. The number of pyridine rings is 1. The maximum Gasteiger partial charge on any atom is 0.160 e. The fourth-order valence-corrected chi connectivity index (χ4v) is 2.32. The zero-order valence-corrected chi connectivity index (χ0v) is 13.9. The molecule has 0 atom stereocenters. The molecule has 0 spiro atoms. The Labute approximate surface area is 145 Å². The fraction of sp³-hybridized carbons (Fsp3) is 0.118. The molecule has 0 aliphatic rings. The fourth-order valence-electron chi connectivity index (χ4n) is 2.12. The lowest BCUT2D eigenvalue weighted by molar-refractivity contribution is 1.08. The van der Waals surface area contributed by atoms with Crippen molar-refractivity contribution >= 4 is 34.7 Å². The Bertz CT molecular complexity index is 835. The molecule has 3 aromatic rings. The van der Waals surface area contributed by atoms with E-state index in [1.807, 2.05) is 43.3 Å². The van der Waals surface area contributed by atoms with E-state index in [9.17, 15) is 0 Å². The lowest BCUT2D eigenvalue weighted by Crippen LogP contribution is -2.08. The first-order valence-electron chi connectivity index (χ1n) is 7.41. The topological polar surface area (TPSA) is 88.8 Å². The molecule has 6 nitrogen and oxygen atoms in total. The van der Waals surface area contributed by atoms with Gasteiger partial charge in [-0.1, -0.05) is 35.9 Å². The van der Waals surface area contributed by atoms with Gasteiger partial charge in [0.05, 0.1) is 0 Å². The van der Waals surface area contributed by atoms with Gasteiger partial charge in [-0.25, -0.2) is 15.0 Å². The van der Waals surface area contributed by atoms with Gasteiger partial charge in [0.25, 0.3) is 0 Å². The maximum atomic E-state index is 6.16. The highest BCUT2D eigenvalue weighted by molar-refractivity contribution is 6.31. The molecular weight excluding hydrogens is 324 g/mol. The Kier molecular flexibility index (Phi) is 4.77. The second-order valence-electron chi connectivity index (χ2n) is 5.28. The molecule has 7 heteroatoms. The SMILES string of the molecule is Cc1ccc(Nc2ncnc(NCc3ccccc3Cl)c2N)nc1. The van der Waals surface area contributed by atoms with Crippen molar-refractivity contribution in [3.8, 4) is 0 Å². The van der Waals surface area contributed by atoms with Crippen molar-refractivity contribution in [2.45, 2.75) is 13.5 Å². The number of anilines is 4. The van der Waals surface area contributed by atoms with E-state index in [4.69, 9.17) is 17.3 Å². The molecule has 0 amide bonds. The van der Waals surface area contributed by atoms with Gasteiger partial charge in [-0.15, -0.1) is 0 Å². The van der Waals surface area contributed by atoms with Crippen molar-refractivity contribution in [3.05, 3.63) is 65.1 Å². The van der Waals surface area contributed by atoms with Crippen molar-refractivity contribution in [1.29, 1.82) is 0 Å². The molecule has 24 heavy (non-hydrogen) atoms. The summed E-state index contributed by atoms with van der Waals surface area (Å²) in [5, 5.41) is 6.97. The van der Waals surface area contributed by atoms with Crippen LogP contribution in [-0.2, 0) is 6.54 Å². The van der Waals surface area contributed by atoms with Crippen LogP contribution in [-0.4, -0.2) is 15.0 Å². The molecule has 4 N–H and O–H groups in total. The molecule has 1 aromatic carbocycles. The molecule has 0 unspecified atom stereocenters. The number of halogens is 1. The van der Waals surface area contributed by atoms with Gasteiger partial charge in [-0.2, -0.15) is 0 Å². The molecule has 0 saturated carbocycles. The Balaban J connectivity index is 1.75. The summed E-state index contributed by atoms with van der Waals surface area (Å²) >= 11 is 6.16. The minimum Gasteiger partial charge on any atom is -0.393 e. The van der Waals surface area contributed by atoms with Gasteiger partial charge >= 0.3 is 0 Å². The van der Waals surface area contributed by atoms with Gasteiger partial charge in [0.15, 0.2) is 11.6 Å². The van der Waals surface area contributed by atoms with Crippen LogP contribution in [0.15, 0.2) is 48.9 Å². The van der Waals surface area contributed by atoms with Gasteiger partial charge in [0.2, 0.25) is 0 Å². The van der Waals surface area contributed by atoms with Gasteiger partial charge in [0.1, 0.15) is 17.8 Å². The second kappa shape index (κ2) is 7.14. The molecule has 0 radical (unpaired) electrons. The highest BCUT2D eigenvalue weighted by atomic mass is 35.5. The molecule has 0 fully saturated rings. The van der Waals surface area contributed by atoms with E-state index in [2.05, 4.69) is 25.6 Å². The summed E-state index contributed by atoms with van der Waals surface area (Å²) in [6, 6.07) is 11.4. The number of benzene rings is 1. The Morgan fingerprint density at radius 3 is 2.58 bits per heavy atom. The highest BCUT2D eigenvalue weighted by Gasteiger charge is 2.09. The van der Waals surface area contributed by atoms with Crippen LogP contribution in [0.2, 0.25) is 5.02 Å². The molecule has 3 rings (SSSR count). The van der Waals surface area contributed by atoms with Crippen molar-refractivity contribution in [1.82, 2.24) is 15.0 Å². The summed E-state index contributed by atoms with van der Waals surface area (Å²) in [6.45, 7) is 2.50. The number of aryl methyl sites for hydroxylation is 1. The monoisotopic (exact) mass is 340 g/mol. The average molecular weight is 341 g/mol. The molecule has 0 aliphatic heterocycles. The first-order valence-corrected chi connectivity index (χ1v) is 7.78. The largest absolute Gasteiger partial charge is 0.393 e. The number of nitrogens with one attached hydrogen (secondary N) is 2. The minimum atomic E-state index is 0.423. The smallest absolute Gasteiger partial charge is 0.160 e. The predicted molar refractivity (Wildman–Crippen MR) is 97.5 cm³/mol. The van der Waals surface area contributed by atoms with Gasteiger partial charge in [0, 0.05) is 17.8 Å². The summed E-state index contributed by atoms with van der Waals surface area (Å²) < 4.78 is 0. The van der Waals surface area contributed by atoms with Crippen LogP contribution in [0, 0.1) is 6.92 Å². The van der Waals surface area contributed by atoms with Crippen LogP contribution >= 0.6 is 11.6 Å². The number of nitrogens with zero attached hydrogens (tertiary/aromatic N) is 3. The molecule has 0 saturated heterocycles. The molecular formula is C17H17ClN6. The summed E-state index contributed by atoms with van der Waals surface area (Å²) in [7, 11) is 0. The Morgan fingerprint density at radius 1 is 1.04 bits per heavy atom. The standard InChI is InChI=1S/C17H17ClN6/c1-11-6-7-14(20-8-11)24-17-15(19)16(22-10-23-17)21-9-12-4-2-3-5-13(12)18/h2-8,10H,9,19H2,1H3,(H2,20,21,22,23,24). The van der Waals surface area contributed by atoms with E-state index >= 15 is 0 Å². The normalized spacial score (nSPS) is 10.4. The number of hydrogen-bond donors (Lipinski definition) is 3. The first kappa shape index (κ1) is 16.0. The van der Waals surface area contributed by atoms with Crippen molar-refractivity contribution in [2.75, 3.05) is 16.4 Å². The van der Waals surface area contributed by atoms with Gasteiger partial charge in [-0.3, -0.25) is 0 Å². The van der Waals surface area contributed by atoms with Crippen LogP contribution in [0.25, 0.3) is 0 Å². The summed E-state index contributed by atoms with van der Waals surface area (Å²) in [5.74, 6) is 1.71. The van der Waals surface area contributed by atoms with Crippen molar-refractivity contribution < 1.29 is 0 Å². The number of nitrogens with two attached hydrogens (primary N) is 1. The van der Waals surface area contributed by atoms with Crippen LogP contribution in [0.1, 0.15) is 11.1 Å². The third-order valence-corrected chi connectivity index (χ3v) is 3.81. The summed E-state index contributed by atoms with van der Waals surface area (Å²) in [6.07, 6.45) is 3.22. The first-order chi connectivity index (χ1) is 11.6. The van der Waals surface area contributed by atoms with Crippen molar-refractivity contribution in [3.63, 3.8) is 0 Å². The van der Waals surface area contributed by atoms with Crippen LogP contribution in [0.3, 0.4) is 0 Å². The van der Waals surface area contributed by atoms with Crippen molar-refractivity contribution in [2.24, 2.45) is 0 Å². The van der Waals surface area contributed by atoms with E-state index in [1.165, 1.54) is 6.33 Å². The number of aromatic nitrogens is 3. The quantitative estimate of drug-likeness (QED) is 0.655. The lowest BCUT2D eigenvalue weighted by Gasteiger charge is -2.12. The molecule has 2 heterocycles. The molecule has 0 aliphatic carbocycles. The number of nitrogen functional groups attached to an aromatic ring is 1. The molecule has 122 valence electrons. The van der Waals surface area contributed by atoms with Gasteiger partial charge < -0.3 is 16.4 Å². The van der Waals surface area contributed by atoms with E-state index in [-0.39, 0.29) is 0 Å². The number of hydrogen-bond acceptors (Lipinski definition) is 6.